The van der Waals surface area contributed by atoms with Gasteiger partial charge in [0.25, 0.3) is 11.9 Å². The lowest BCUT2D eigenvalue weighted by molar-refractivity contribution is -0.119. The summed E-state index contributed by atoms with van der Waals surface area (Å²) in [5.74, 6) is -7.24. The molecule has 1 aromatic heterocycles. The molecule has 2 N–H and O–H groups in total. The lowest BCUT2D eigenvalue weighted by Gasteiger charge is -2.10. The van der Waals surface area contributed by atoms with Crippen LogP contribution in [0.25, 0.3) is 0 Å². The maximum absolute atomic E-state index is 13.2. The molecule has 0 atom stereocenters. The fourth-order valence-corrected chi connectivity index (χ4v) is 1.19. The Morgan fingerprint density at radius 2 is 1.68 bits per heavy atom. The number of carbonyl (C=O) groups excluding carboxylic acids is 1. The van der Waals surface area contributed by atoms with Crippen LogP contribution in [0.1, 0.15) is 13.8 Å². The Morgan fingerprint density at radius 3 is 2.16 bits per heavy atom. The van der Waals surface area contributed by atoms with Crippen LogP contribution in [0.5, 0.6) is 0 Å². The van der Waals surface area contributed by atoms with Gasteiger partial charge in [-0.1, -0.05) is 13.8 Å². The van der Waals surface area contributed by atoms with Gasteiger partial charge in [-0.3, -0.25) is 4.79 Å². The van der Waals surface area contributed by atoms with Gasteiger partial charge in [0.2, 0.25) is 17.5 Å². The fourth-order valence-electron chi connectivity index (χ4n) is 1.19. The molecule has 8 heteroatoms. The van der Waals surface area contributed by atoms with E-state index in [2.05, 4.69) is 10.3 Å². The summed E-state index contributed by atoms with van der Waals surface area (Å²) in [5.41, 5.74) is -1.05. The highest BCUT2D eigenvalue weighted by Crippen LogP contribution is 2.21. The van der Waals surface area contributed by atoms with Crippen LogP contribution >= 0.6 is 0 Å². The Labute approximate surface area is 107 Å². The zero-order valence-corrected chi connectivity index (χ0v) is 10.4. The topological polar surface area (TPSA) is 54.0 Å². The number of halogens is 4. The molecule has 0 saturated carbocycles. The zero-order chi connectivity index (χ0) is 14.6. The maximum Gasteiger partial charge on any atom is 0.253 e. The summed E-state index contributed by atoms with van der Waals surface area (Å²) in [6.07, 6.45) is 0. The number of pyridine rings is 1. The van der Waals surface area contributed by atoms with Crippen molar-refractivity contribution in [3.05, 3.63) is 23.5 Å². The SMILES string of the molecule is CC(C)CNC(=O)CNc1c(F)c(F)nc(F)c1F. The van der Waals surface area contributed by atoms with E-state index in [1.807, 2.05) is 19.2 Å². The summed E-state index contributed by atoms with van der Waals surface area (Å²) >= 11 is 0. The highest BCUT2D eigenvalue weighted by atomic mass is 19.2. The fraction of sp³-hybridized carbons (Fsp3) is 0.455. The lowest BCUT2D eigenvalue weighted by Crippen LogP contribution is -2.33. The van der Waals surface area contributed by atoms with Gasteiger partial charge < -0.3 is 10.6 Å². The summed E-state index contributed by atoms with van der Waals surface area (Å²) in [4.78, 5) is 13.7. The van der Waals surface area contributed by atoms with Crippen LogP contribution in [0.3, 0.4) is 0 Å². The van der Waals surface area contributed by atoms with Gasteiger partial charge in [-0.2, -0.15) is 22.5 Å². The van der Waals surface area contributed by atoms with Crippen LogP contribution < -0.4 is 10.6 Å². The first-order valence-electron chi connectivity index (χ1n) is 5.53. The third-order valence-corrected chi connectivity index (χ3v) is 2.13. The third kappa shape index (κ3) is 4.08. The monoisotopic (exact) mass is 279 g/mol. The van der Waals surface area contributed by atoms with Crippen molar-refractivity contribution < 1.29 is 22.4 Å². The van der Waals surface area contributed by atoms with Crippen LogP contribution in [-0.2, 0) is 4.79 Å². The van der Waals surface area contributed by atoms with Gasteiger partial charge in [-0.05, 0) is 5.92 Å². The normalized spacial score (nSPS) is 10.7. The number of amides is 1. The molecule has 0 aromatic carbocycles. The number of hydrogen-bond acceptors (Lipinski definition) is 3. The van der Waals surface area contributed by atoms with Crippen molar-refractivity contribution in [2.45, 2.75) is 13.8 Å². The number of hydrogen-bond donors (Lipinski definition) is 2. The van der Waals surface area contributed by atoms with Crippen molar-refractivity contribution in [3.8, 4) is 0 Å². The van der Waals surface area contributed by atoms with Crippen molar-refractivity contribution >= 4 is 11.6 Å². The zero-order valence-electron chi connectivity index (χ0n) is 10.4. The Hall–Kier alpha value is -1.86. The summed E-state index contributed by atoms with van der Waals surface area (Å²) in [7, 11) is 0. The average molecular weight is 279 g/mol. The Bertz CT molecular complexity index is 453. The van der Waals surface area contributed by atoms with E-state index in [0.29, 0.717) is 6.54 Å². The molecule has 19 heavy (non-hydrogen) atoms. The van der Waals surface area contributed by atoms with E-state index in [1.54, 1.807) is 0 Å². The van der Waals surface area contributed by atoms with Gasteiger partial charge in [0.1, 0.15) is 5.69 Å². The van der Waals surface area contributed by atoms with Gasteiger partial charge in [-0.15, -0.1) is 0 Å². The van der Waals surface area contributed by atoms with Crippen LogP contribution in [0, 0.1) is 29.4 Å². The molecule has 0 spiro atoms. The average Bonchev–Trinajstić information content (AvgIpc) is 2.34. The molecule has 0 unspecified atom stereocenters. The van der Waals surface area contributed by atoms with Crippen LogP contribution in [0.2, 0.25) is 0 Å². The molecular formula is C11H13F4N3O. The molecule has 4 nitrogen and oxygen atoms in total. The molecule has 0 aliphatic heterocycles. The molecule has 0 aliphatic rings. The van der Waals surface area contributed by atoms with E-state index < -0.39 is 41.7 Å². The molecule has 1 rings (SSSR count). The number of aromatic nitrogens is 1. The Morgan fingerprint density at radius 1 is 1.16 bits per heavy atom. The first-order chi connectivity index (χ1) is 8.82. The number of rotatable bonds is 5. The summed E-state index contributed by atoms with van der Waals surface area (Å²) in [6, 6.07) is 0. The molecular weight excluding hydrogens is 266 g/mol. The molecule has 0 saturated heterocycles. The maximum atomic E-state index is 13.2. The highest BCUT2D eigenvalue weighted by Gasteiger charge is 2.20. The summed E-state index contributed by atoms with van der Waals surface area (Å²) in [5, 5.41) is 4.48. The van der Waals surface area contributed by atoms with Crippen molar-refractivity contribution in [1.82, 2.24) is 10.3 Å². The molecule has 1 heterocycles. The molecule has 0 radical (unpaired) electrons. The number of nitrogens with zero attached hydrogens (tertiary/aromatic N) is 1. The minimum Gasteiger partial charge on any atom is -0.371 e. The van der Waals surface area contributed by atoms with Crippen molar-refractivity contribution in [3.63, 3.8) is 0 Å². The van der Waals surface area contributed by atoms with Gasteiger partial charge in [-0.25, -0.2) is 0 Å². The second kappa shape index (κ2) is 6.35. The minimum atomic E-state index is -1.77. The molecule has 0 aliphatic carbocycles. The van der Waals surface area contributed by atoms with E-state index in [-0.39, 0.29) is 5.92 Å². The molecule has 106 valence electrons. The minimum absolute atomic E-state index is 0.202. The summed E-state index contributed by atoms with van der Waals surface area (Å²) in [6.45, 7) is 3.59. The van der Waals surface area contributed by atoms with E-state index in [0.717, 1.165) is 0 Å². The van der Waals surface area contributed by atoms with Crippen molar-refractivity contribution in [2.24, 2.45) is 5.92 Å². The van der Waals surface area contributed by atoms with E-state index in [9.17, 15) is 22.4 Å². The third-order valence-electron chi connectivity index (χ3n) is 2.13. The molecule has 1 aromatic rings. The quantitative estimate of drug-likeness (QED) is 0.638. The van der Waals surface area contributed by atoms with Gasteiger partial charge in [0.05, 0.1) is 6.54 Å². The van der Waals surface area contributed by atoms with Crippen molar-refractivity contribution in [2.75, 3.05) is 18.4 Å². The van der Waals surface area contributed by atoms with Crippen LogP contribution in [-0.4, -0.2) is 24.0 Å². The number of anilines is 1. The molecule has 1 amide bonds. The van der Waals surface area contributed by atoms with Gasteiger partial charge in [0.15, 0.2) is 0 Å². The largest absolute Gasteiger partial charge is 0.371 e. The van der Waals surface area contributed by atoms with E-state index >= 15 is 0 Å². The number of nitrogens with one attached hydrogen (secondary N) is 2. The van der Waals surface area contributed by atoms with Crippen LogP contribution in [0.4, 0.5) is 23.2 Å². The predicted molar refractivity (Wildman–Crippen MR) is 60.4 cm³/mol. The lowest BCUT2D eigenvalue weighted by atomic mass is 10.2. The van der Waals surface area contributed by atoms with Gasteiger partial charge >= 0.3 is 0 Å². The predicted octanol–water partition coefficient (Wildman–Crippen LogP) is 1.82. The summed E-state index contributed by atoms with van der Waals surface area (Å²) < 4.78 is 51.9. The van der Waals surface area contributed by atoms with E-state index in [1.165, 1.54) is 0 Å². The molecule has 0 fully saturated rings. The smallest absolute Gasteiger partial charge is 0.253 e. The van der Waals surface area contributed by atoms with Crippen LogP contribution in [0.15, 0.2) is 0 Å². The first-order valence-corrected chi connectivity index (χ1v) is 5.53. The first kappa shape index (κ1) is 15.2. The van der Waals surface area contributed by atoms with Crippen molar-refractivity contribution in [1.29, 1.82) is 0 Å². The molecule has 0 bridgehead atoms. The number of carbonyl (C=O) groups is 1. The van der Waals surface area contributed by atoms with Gasteiger partial charge in [0, 0.05) is 6.54 Å². The Balaban J connectivity index is 2.70. The second-order valence-electron chi connectivity index (χ2n) is 4.25. The van der Waals surface area contributed by atoms with E-state index in [4.69, 9.17) is 0 Å². The Kier molecular flexibility index (Phi) is 5.08. The second-order valence-corrected chi connectivity index (χ2v) is 4.25. The standard InChI is InChI=1S/C11H13F4N3O/c1-5(2)3-16-6(19)4-17-9-7(12)10(14)18-11(15)8(9)13/h5H,3-4H2,1-2H3,(H,16,19)(H,17,18). The highest BCUT2D eigenvalue weighted by molar-refractivity contribution is 5.80.